The zero-order valence-corrected chi connectivity index (χ0v) is 15.7. The molecule has 3 aromatic rings. The molecule has 144 valence electrons. The van der Waals surface area contributed by atoms with Gasteiger partial charge < -0.3 is 20.8 Å². The third-order valence-corrected chi connectivity index (χ3v) is 5.16. The average Bonchev–Trinajstić information content (AvgIpc) is 3.19. The largest absolute Gasteiger partial charge is 0.381 e. The number of aromatic amines is 1. The van der Waals surface area contributed by atoms with E-state index >= 15 is 0 Å². The van der Waals surface area contributed by atoms with Crippen LogP contribution in [0.25, 0.3) is 22.4 Å². The van der Waals surface area contributed by atoms with E-state index in [4.69, 9.17) is 10.5 Å². The number of rotatable bonds is 5. The van der Waals surface area contributed by atoms with Crippen LogP contribution in [-0.2, 0) is 4.74 Å². The van der Waals surface area contributed by atoms with Crippen molar-refractivity contribution in [3.05, 3.63) is 60.3 Å². The van der Waals surface area contributed by atoms with Gasteiger partial charge in [-0.1, -0.05) is 36.4 Å². The standard InChI is InChI=1S/C22H24N4O2/c23-22-25-14-20(26-22)18-5-1-16(2-6-18)17-3-7-19(8-4-17)21(27)24-13-15-9-11-28-12-10-15/h1-8,14-15H,9-13H2,(H,24,27)(H3,23,25,26). The SMILES string of the molecule is Nc1ncc(-c2ccc(-c3ccc(C(=O)NCC4CCOCC4)cc3)cc2)[nH]1. The summed E-state index contributed by atoms with van der Waals surface area (Å²) in [6.45, 7) is 2.30. The number of imidazole rings is 1. The molecule has 0 bridgehead atoms. The molecule has 2 heterocycles. The van der Waals surface area contributed by atoms with Gasteiger partial charge in [0.2, 0.25) is 0 Å². The van der Waals surface area contributed by atoms with Gasteiger partial charge in [0.1, 0.15) is 0 Å². The summed E-state index contributed by atoms with van der Waals surface area (Å²) in [5, 5.41) is 3.04. The van der Waals surface area contributed by atoms with Crippen LogP contribution in [0.15, 0.2) is 54.7 Å². The van der Waals surface area contributed by atoms with Gasteiger partial charge in [0.15, 0.2) is 5.95 Å². The molecule has 6 heteroatoms. The van der Waals surface area contributed by atoms with E-state index in [2.05, 4.69) is 15.3 Å². The van der Waals surface area contributed by atoms with E-state index in [9.17, 15) is 4.79 Å². The molecule has 0 atom stereocenters. The number of ether oxygens (including phenoxy) is 1. The van der Waals surface area contributed by atoms with E-state index in [0.29, 0.717) is 24.0 Å². The van der Waals surface area contributed by atoms with Crippen molar-refractivity contribution in [3.63, 3.8) is 0 Å². The minimum Gasteiger partial charge on any atom is -0.381 e. The van der Waals surface area contributed by atoms with E-state index in [1.54, 1.807) is 6.20 Å². The number of anilines is 1. The van der Waals surface area contributed by atoms with Crippen LogP contribution in [0.1, 0.15) is 23.2 Å². The summed E-state index contributed by atoms with van der Waals surface area (Å²) in [4.78, 5) is 19.4. The van der Waals surface area contributed by atoms with Gasteiger partial charge >= 0.3 is 0 Å². The van der Waals surface area contributed by atoms with Crippen molar-refractivity contribution in [2.75, 3.05) is 25.5 Å². The number of nitrogens with zero attached hydrogens (tertiary/aromatic N) is 1. The lowest BCUT2D eigenvalue weighted by atomic mass is 10.00. The van der Waals surface area contributed by atoms with Crippen molar-refractivity contribution >= 4 is 11.9 Å². The van der Waals surface area contributed by atoms with Crippen LogP contribution in [-0.4, -0.2) is 35.6 Å². The molecule has 1 aliphatic heterocycles. The Morgan fingerprint density at radius 3 is 2.25 bits per heavy atom. The van der Waals surface area contributed by atoms with E-state index in [-0.39, 0.29) is 5.91 Å². The molecule has 1 amide bonds. The second-order valence-electron chi connectivity index (χ2n) is 7.10. The molecule has 1 aliphatic rings. The topological polar surface area (TPSA) is 93.0 Å². The summed E-state index contributed by atoms with van der Waals surface area (Å²) in [5.74, 6) is 0.899. The van der Waals surface area contributed by atoms with Gasteiger partial charge in [0, 0.05) is 25.3 Å². The molecular weight excluding hydrogens is 352 g/mol. The molecule has 0 aliphatic carbocycles. The number of nitrogen functional groups attached to an aromatic ring is 1. The summed E-state index contributed by atoms with van der Waals surface area (Å²) in [6.07, 6.45) is 3.75. The second kappa shape index (κ2) is 8.27. The zero-order chi connectivity index (χ0) is 19.3. The quantitative estimate of drug-likeness (QED) is 0.635. The molecular formula is C22H24N4O2. The maximum absolute atomic E-state index is 12.4. The van der Waals surface area contributed by atoms with Gasteiger partial charge in [-0.15, -0.1) is 0 Å². The van der Waals surface area contributed by atoms with E-state index in [1.165, 1.54) is 0 Å². The number of benzene rings is 2. The minimum atomic E-state index is -0.0229. The Balaban J connectivity index is 1.39. The molecule has 2 aromatic carbocycles. The van der Waals surface area contributed by atoms with Gasteiger partial charge in [0.05, 0.1) is 11.9 Å². The molecule has 28 heavy (non-hydrogen) atoms. The molecule has 4 N–H and O–H groups in total. The van der Waals surface area contributed by atoms with Gasteiger partial charge in [-0.2, -0.15) is 0 Å². The molecule has 1 fully saturated rings. The highest BCUT2D eigenvalue weighted by Gasteiger charge is 2.15. The summed E-state index contributed by atoms with van der Waals surface area (Å²) in [5.41, 5.74) is 10.4. The molecule has 0 unspecified atom stereocenters. The fourth-order valence-electron chi connectivity index (χ4n) is 3.43. The lowest BCUT2D eigenvalue weighted by molar-refractivity contribution is 0.0642. The Bertz CT molecular complexity index is 926. The van der Waals surface area contributed by atoms with Crippen molar-refractivity contribution in [2.24, 2.45) is 5.92 Å². The maximum Gasteiger partial charge on any atom is 0.251 e. The molecule has 1 aromatic heterocycles. The maximum atomic E-state index is 12.4. The first kappa shape index (κ1) is 18.3. The Hall–Kier alpha value is -3.12. The van der Waals surface area contributed by atoms with E-state index in [0.717, 1.165) is 48.4 Å². The van der Waals surface area contributed by atoms with Crippen molar-refractivity contribution in [3.8, 4) is 22.4 Å². The average molecular weight is 376 g/mol. The lowest BCUT2D eigenvalue weighted by Crippen LogP contribution is -2.32. The Kier molecular flexibility index (Phi) is 5.39. The van der Waals surface area contributed by atoms with E-state index < -0.39 is 0 Å². The molecule has 0 spiro atoms. The summed E-state index contributed by atoms with van der Waals surface area (Å²) in [7, 11) is 0. The highest BCUT2D eigenvalue weighted by atomic mass is 16.5. The monoisotopic (exact) mass is 376 g/mol. The van der Waals surface area contributed by atoms with E-state index in [1.807, 2.05) is 48.5 Å². The van der Waals surface area contributed by atoms with Gasteiger partial charge in [0.25, 0.3) is 5.91 Å². The van der Waals surface area contributed by atoms with Crippen molar-refractivity contribution in [1.29, 1.82) is 0 Å². The van der Waals surface area contributed by atoms with Crippen LogP contribution in [0.5, 0.6) is 0 Å². The highest BCUT2D eigenvalue weighted by Crippen LogP contribution is 2.24. The number of nitrogens with one attached hydrogen (secondary N) is 2. The fourth-order valence-corrected chi connectivity index (χ4v) is 3.43. The third-order valence-electron chi connectivity index (χ3n) is 5.16. The number of hydrogen-bond donors (Lipinski definition) is 3. The first-order valence-electron chi connectivity index (χ1n) is 9.56. The van der Waals surface area contributed by atoms with Gasteiger partial charge in [-0.25, -0.2) is 4.98 Å². The number of carbonyl (C=O) groups excluding carboxylic acids is 1. The van der Waals surface area contributed by atoms with Crippen LogP contribution >= 0.6 is 0 Å². The van der Waals surface area contributed by atoms with Crippen LogP contribution in [0, 0.1) is 5.92 Å². The lowest BCUT2D eigenvalue weighted by Gasteiger charge is -2.22. The predicted octanol–water partition coefficient (Wildman–Crippen LogP) is 3.48. The van der Waals surface area contributed by atoms with Gasteiger partial charge in [-0.3, -0.25) is 4.79 Å². The molecule has 1 saturated heterocycles. The molecule has 4 rings (SSSR count). The second-order valence-corrected chi connectivity index (χ2v) is 7.10. The summed E-state index contributed by atoms with van der Waals surface area (Å²) >= 11 is 0. The van der Waals surface area contributed by atoms with Crippen LogP contribution in [0.4, 0.5) is 5.95 Å². The Morgan fingerprint density at radius 2 is 1.64 bits per heavy atom. The summed E-state index contributed by atoms with van der Waals surface area (Å²) in [6, 6.07) is 15.8. The van der Waals surface area contributed by atoms with Gasteiger partial charge in [-0.05, 0) is 47.6 Å². The van der Waals surface area contributed by atoms with Crippen LogP contribution < -0.4 is 11.1 Å². The normalized spacial score (nSPS) is 14.7. The van der Waals surface area contributed by atoms with Crippen molar-refractivity contribution in [1.82, 2.24) is 15.3 Å². The molecule has 0 radical (unpaired) electrons. The Labute approximate surface area is 164 Å². The predicted molar refractivity (Wildman–Crippen MR) is 110 cm³/mol. The Morgan fingerprint density at radius 1 is 1.04 bits per heavy atom. The third kappa shape index (κ3) is 4.23. The van der Waals surface area contributed by atoms with Crippen LogP contribution in [0.2, 0.25) is 0 Å². The number of hydrogen-bond acceptors (Lipinski definition) is 4. The van der Waals surface area contributed by atoms with Crippen molar-refractivity contribution in [2.45, 2.75) is 12.8 Å². The number of H-pyrrole nitrogens is 1. The minimum absolute atomic E-state index is 0.0229. The fraction of sp³-hybridized carbons (Fsp3) is 0.273. The number of amides is 1. The molecule has 0 saturated carbocycles. The zero-order valence-electron chi connectivity index (χ0n) is 15.7. The highest BCUT2D eigenvalue weighted by molar-refractivity contribution is 5.94. The number of nitrogens with two attached hydrogens (primary N) is 1. The first-order valence-corrected chi connectivity index (χ1v) is 9.56. The molecule has 6 nitrogen and oxygen atoms in total. The first-order chi connectivity index (χ1) is 13.7. The van der Waals surface area contributed by atoms with Crippen LogP contribution in [0.3, 0.4) is 0 Å². The van der Waals surface area contributed by atoms with Crippen molar-refractivity contribution < 1.29 is 9.53 Å². The number of aromatic nitrogens is 2. The summed E-state index contributed by atoms with van der Waals surface area (Å²) < 4.78 is 5.36. The smallest absolute Gasteiger partial charge is 0.251 e. The number of carbonyl (C=O) groups is 1.